The van der Waals surface area contributed by atoms with Crippen molar-refractivity contribution in [2.24, 2.45) is 0 Å². The zero-order chi connectivity index (χ0) is 24.0. The molecule has 0 unspecified atom stereocenters. The molecule has 174 valence electrons. The topological polar surface area (TPSA) is 75.3 Å². The van der Waals surface area contributed by atoms with Crippen LogP contribution >= 0.6 is 23.4 Å². The summed E-state index contributed by atoms with van der Waals surface area (Å²) in [7, 11) is -3.97. The van der Waals surface area contributed by atoms with Gasteiger partial charge in [-0.3, -0.25) is 9.52 Å². The highest BCUT2D eigenvalue weighted by Crippen LogP contribution is 2.27. The molecule has 0 aliphatic rings. The average molecular weight is 503 g/mol. The number of halogens is 1. The number of aryl methyl sites for hydroxylation is 3. The molecule has 3 aromatic rings. The third-order valence-electron chi connectivity index (χ3n) is 5.04. The maximum Gasteiger partial charge on any atom is 0.263 e. The Hall–Kier alpha value is -2.48. The van der Waals surface area contributed by atoms with E-state index in [1.807, 2.05) is 26.0 Å². The lowest BCUT2D eigenvalue weighted by atomic mass is 10.1. The van der Waals surface area contributed by atoms with Crippen molar-refractivity contribution in [1.29, 1.82) is 0 Å². The van der Waals surface area contributed by atoms with Crippen LogP contribution in [0.15, 0.2) is 65.6 Å². The number of anilines is 1. The predicted octanol–water partition coefficient (Wildman–Crippen LogP) is 5.73. The number of thioether (sulfide) groups is 1. The third-order valence-corrected chi connectivity index (χ3v) is 7.92. The Balaban J connectivity index is 1.61. The van der Waals surface area contributed by atoms with Gasteiger partial charge in [-0.1, -0.05) is 53.6 Å². The molecule has 2 N–H and O–H groups in total. The van der Waals surface area contributed by atoms with E-state index in [0.29, 0.717) is 12.2 Å². The van der Waals surface area contributed by atoms with Gasteiger partial charge in [0.2, 0.25) is 0 Å². The van der Waals surface area contributed by atoms with Gasteiger partial charge in [-0.2, -0.15) is 11.8 Å². The van der Waals surface area contributed by atoms with Crippen LogP contribution in [-0.2, 0) is 15.8 Å². The van der Waals surface area contributed by atoms with Crippen LogP contribution in [0.4, 0.5) is 5.69 Å². The van der Waals surface area contributed by atoms with E-state index in [1.54, 1.807) is 17.8 Å². The van der Waals surface area contributed by atoms with Crippen LogP contribution in [0.3, 0.4) is 0 Å². The summed E-state index contributed by atoms with van der Waals surface area (Å²) in [6, 6.07) is 18.1. The second-order valence-electron chi connectivity index (χ2n) is 7.86. The molecule has 3 aromatic carbocycles. The largest absolute Gasteiger partial charge is 0.351 e. The Kier molecular flexibility index (Phi) is 8.46. The first-order chi connectivity index (χ1) is 15.7. The zero-order valence-corrected chi connectivity index (χ0v) is 21.2. The minimum atomic E-state index is -3.97. The van der Waals surface area contributed by atoms with Gasteiger partial charge in [0.1, 0.15) is 4.90 Å². The standard InChI is InChI=1S/C25H27ClN2O3S2/c1-17-5-8-20(9-6-17)16-32-13-12-27-25(29)21-10-11-22(26)24(15-21)33(30,31)28-23-14-18(2)4-7-19(23)3/h4-11,14-15,28H,12-13,16H2,1-3H3,(H,27,29). The molecule has 5 nitrogen and oxygen atoms in total. The monoisotopic (exact) mass is 502 g/mol. The second kappa shape index (κ2) is 11.1. The molecule has 0 aromatic heterocycles. The Labute approximate surface area is 205 Å². The van der Waals surface area contributed by atoms with Crippen molar-refractivity contribution in [2.45, 2.75) is 31.4 Å². The molecular formula is C25H27ClN2O3S2. The summed E-state index contributed by atoms with van der Waals surface area (Å²) in [5.41, 5.74) is 4.90. The zero-order valence-electron chi connectivity index (χ0n) is 18.8. The lowest BCUT2D eigenvalue weighted by Crippen LogP contribution is -2.26. The maximum atomic E-state index is 13.0. The summed E-state index contributed by atoms with van der Waals surface area (Å²) in [4.78, 5) is 12.5. The van der Waals surface area contributed by atoms with Gasteiger partial charge in [-0.25, -0.2) is 8.42 Å². The van der Waals surface area contributed by atoms with Crippen LogP contribution in [0, 0.1) is 20.8 Å². The molecule has 0 aliphatic heterocycles. The van der Waals surface area contributed by atoms with Crippen molar-refractivity contribution < 1.29 is 13.2 Å². The van der Waals surface area contributed by atoms with E-state index in [-0.39, 0.29) is 21.4 Å². The minimum absolute atomic E-state index is 0.0537. The minimum Gasteiger partial charge on any atom is -0.351 e. The molecule has 1 amide bonds. The molecule has 0 fully saturated rings. The normalized spacial score (nSPS) is 11.3. The molecular weight excluding hydrogens is 476 g/mol. The van der Waals surface area contributed by atoms with Crippen LogP contribution < -0.4 is 10.0 Å². The molecule has 0 radical (unpaired) electrons. The fraction of sp³-hybridized carbons (Fsp3) is 0.240. The van der Waals surface area contributed by atoms with Crippen LogP contribution in [0.25, 0.3) is 0 Å². The first-order valence-corrected chi connectivity index (χ1v) is 13.5. The number of carbonyl (C=O) groups excluding carboxylic acids is 1. The van der Waals surface area contributed by atoms with E-state index in [0.717, 1.165) is 22.6 Å². The Bertz CT molecular complexity index is 1240. The van der Waals surface area contributed by atoms with Crippen LogP contribution in [-0.4, -0.2) is 26.6 Å². The molecule has 3 rings (SSSR count). The van der Waals surface area contributed by atoms with Crippen LogP contribution in [0.2, 0.25) is 5.02 Å². The van der Waals surface area contributed by atoms with Gasteiger partial charge in [0.15, 0.2) is 0 Å². The number of hydrogen-bond acceptors (Lipinski definition) is 4. The highest BCUT2D eigenvalue weighted by molar-refractivity contribution is 7.98. The van der Waals surface area contributed by atoms with Gasteiger partial charge < -0.3 is 5.32 Å². The van der Waals surface area contributed by atoms with Gasteiger partial charge >= 0.3 is 0 Å². The summed E-state index contributed by atoms with van der Waals surface area (Å²) in [6.45, 7) is 6.23. The Morgan fingerprint density at radius 1 is 0.939 bits per heavy atom. The Morgan fingerprint density at radius 3 is 2.36 bits per heavy atom. The van der Waals surface area contributed by atoms with Gasteiger partial charge in [-0.05, 0) is 61.7 Å². The van der Waals surface area contributed by atoms with Crippen molar-refractivity contribution in [3.63, 3.8) is 0 Å². The molecule has 0 saturated heterocycles. The highest BCUT2D eigenvalue weighted by Gasteiger charge is 2.21. The number of sulfonamides is 1. The lowest BCUT2D eigenvalue weighted by molar-refractivity contribution is 0.0956. The molecule has 0 aliphatic carbocycles. The van der Waals surface area contributed by atoms with Crippen molar-refractivity contribution in [1.82, 2.24) is 5.32 Å². The lowest BCUT2D eigenvalue weighted by Gasteiger charge is -2.13. The molecule has 0 saturated carbocycles. The number of rotatable bonds is 9. The summed E-state index contributed by atoms with van der Waals surface area (Å²) in [5, 5.41) is 2.89. The number of benzene rings is 3. The molecule has 8 heteroatoms. The number of amides is 1. The fourth-order valence-electron chi connectivity index (χ4n) is 3.11. The third kappa shape index (κ3) is 7.00. The van der Waals surface area contributed by atoms with E-state index in [9.17, 15) is 13.2 Å². The van der Waals surface area contributed by atoms with Crippen LogP contribution in [0.1, 0.15) is 32.6 Å². The predicted molar refractivity (Wildman–Crippen MR) is 138 cm³/mol. The molecule has 0 heterocycles. The Morgan fingerprint density at radius 2 is 1.64 bits per heavy atom. The summed E-state index contributed by atoms with van der Waals surface area (Å²) >= 11 is 7.90. The first-order valence-electron chi connectivity index (χ1n) is 10.5. The number of carbonyl (C=O) groups is 1. The maximum absolute atomic E-state index is 13.0. The fourth-order valence-corrected chi connectivity index (χ4v) is 5.58. The second-order valence-corrected chi connectivity index (χ2v) is 11.0. The molecule has 0 bridgehead atoms. The van der Waals surface area contributed by atoms with Crippen molar-refractivity contribution >= 4 is 45.0 Å². The van der Waals surface area contributed by atoms with Gasteiger partial charge in [0.25, 0.3) is 15.9 Å². The van der Waals surface area contributed by atoms with Gasteiger partial charge in [0, 0.05) is 23.6 Å². The van der Waals surface area contributed by atoms with E-state index in [2.05, 4.69) is 41.2 Å². The summed E-state index contributed by atoms with van der Waals surface area (Å²) in [5.74, 6) is 1.27. The quantitative estimate of drug-likeness (QED) is 0.366. The molecule has 33 heavy (non-hydrogen) atoms. The van der Waals surface area contributed by atoms with E-state index in [4.69, 9.17) is 11.6 Å². The van der Waals surface area contributed by atoms with Crippen LogP contribution in [0.5, 0.6) is 0 Å². The van der Waals surface area contributed by atoms with Crippen molar-refractivity contribution in [3.05, 3.63) is 93.5 Å². The number of nitrogens with one attached hydrogen (secondary N) is 2. The van der Waals surface area contributed by atoms with E-state index >= 15 is 0 Å². The smallest absolute Gasteiger partial charge is 0.263 e. The molecule has 0 spiro atoms. The number of hydrogen-bond donors (Lipinski definition) is 2. The van der Waals surface area contributed by atoms with E-state index < -0.39 is 10.0 Å². The summed E-state index contributed by atoms with van der Waals surface area (Å²) < 4.78 is 28.6. The van der Waals surface area contributed by atoms with Crippen molar-refractivity contribution in [3.8, 4) is 0 Å². The van der Waals surface area contributed by atoms with Gasteiger partial charge in [0.05, 0.1) is 10.7 Å². The highest BCUT2D eigenvalue weighted by atomic mass is 35.5. The first kappa shape index (κ1) is 25.1. The summed E-state index contributed by atoms with van der Waals surface area (Å²) in [6.07, 6.45) is 0. The average Bonchev–Trinajstić information content (AvgIpc) is 2.77. The SMILES string of the molecule is Cc1ccc(CSCCNC(=O)c2ccc(Cl)c(S(=O)(=O)Nc3cc(C)ccc3C)c2)cc1. The molecule has 0 atom stereocenters. The van der Waals surface area contributed by atoms with Crippen molar-refractivity contribution in [2.75, 3.05) is 17.0 Å². The van der Waals surface area contributed by atoms with E-state index in [1.165, 1.54) is 29.3 Å². The van der Waals surface area contributed by atoms with Gasteiger partial charge in [-0.15, -0.1) is 0 Å².